The molecule has 0 aliphatic heterocycles. The maximum atomic E-state index is 12.7. The molecule has 10 heteroatoms. The van der Waals surface area contributed by atoms with Crippen molar-refractivity contribution in [3.8, 4) is 0 Å². The van der Waals surface area contributed by atoms with E-state index in [1.54, 1.807) is 13.8 Å². The summed E-state index contributed by atoms with van der Waals surface area (Å²) < 4.78 is 34.9. The molecule has 2 aromatic rings. The molecule has 1 aromatic carbocycles. The number of benzene rings is 1. The molecule has 1 aromatic heterocycles. The summed E-state index contributed by atoms with van der Waals surface area (Å²) in [6.07, 6.45) is -0.154. The van der Waals surface area contributed by atoms with Gasteiger partial charge in [-0.3, -0.25) is 9.52 Å². The number of methoxy groups -OCH3 is 1. The minimum atomic E-state index is -3.51. The Balaban J connectivity index is 2.19. The number of hydrogen-bond acceptors (Lipinski definition) is 7. The first kappa shape index (κ1) is 22.2. The molecule has 1 atom stereocenters. The number of ether oxygens (including phenoxy) is 2. The normalized spacial score (nSPS) is 12.2. The Morgan fingerprint density at radius 2 is 1.79 bits per heavy atom. The Bertz CT molecular complexity index is 1070. The van der Waals surface area contributed by atoms with Crippen LogP contribution in [0.5, 0.6) is 0 Å². The van der Waals surface area contributed by atoms with Gasteiger partial charge in [0, 0.05) is 11.4 Å². The summed E-state index contributed by atoms with van der Waals surface area (Å²) in [5.74, 6) is -1.88. The number of aryl methyl sites for hydroxylation is 1. The summed E-state index contributed by atoms with van der Waals surface area (Å²) in [6, 6.07) is 5.70. The zero-order valence-corrected chi connectivity index (χ0v) is 17.5. The van der Waals surface area contributed by atoms with Crippen LogP contribution in [0.2, 0.25) is 0 Å². The number of Topliss-reactive ketones (excluding diaryl/α,β-unsaturated/α-hetero) is 1. The Kier molecular flexibility index (Phi) is 6.48. The molecule has 29 heavy (non-hydrogen) atoms. The van der Waals surface area contributed by atoms with Crippen LogP contribution in [0.25, 0.3) is 0 Å². The predicted octanol–water partition coefficient (Wildman–Crippen LogP) is 2.22. The number of H-pyrrole nitrogens is 1. The summed E-state index contributed by atoms with van der Waals surface area (Å²) in [4.78, 5) is 39.8. The van der Waals surface area contributed by atoms with Crippen molar-refractivity contribution < 1.29 is 32.3 Å². The van der Waals surface area contributed by atoms with Crippen molar-refractivity contribution in [1.29, 1.82) is 0 Å². The van der Waals surface area contributed by atoms with E-state index in [1.165, 1.54) is 38.3 Å². The lowest BCUT2D eigenvalue weighted by atomic mass is 10.1. The highest BCUT2D eigenvalue weighted by atomic mass is 32.2. The van der Waals surface area contributed by atoms with Crippen LogP contribution in [-0.4, -0.2) is 50.6 Å². The first-order valence-electron chi connectivity index (χ1n) is 8.55. The first-order valence-corrected chi connectivity index (χ1v) is 10.4. The molecule has 0 radical (unpaired) electrons. The molecule has 2 rings (SSSR count). The van der Waals surface area contributed by atoms with Crippen molar-refractivity contribution in [1.82, 2.24) is 4.98 Å². The molecule has 2 N–H and O–H groups in total. The molecular formula is C19H22N2O7S. The van der Waals surface area contributed by atoms with Crippen LogP contribution in [0.4, 0.5) is 5.69 Å². The Labute approximate surface area is 168 Å². The number of carbonyl (C=O) groups excluding carboxylic acids is 3. The molecule has 0 amide bonds. The summed E-state index contributed by atoms with van der Waals surface area (Å²) in [6.45, 7) is 4.64. The largest absolute Gasteiger partial charge is 0.465 e. The lowest BCUT2D eigenvalue weighted by molar-refractivity contribution is 0.0317. The molecule has 0 fully saturated rings. The van der Waals surface area contributed by atoms with Crippen LogP contribution in [0.3, 0.4) is 0 Å². The molecular weight excluding hydrogens is 400 g/mol. The lowest BCUT2D eigenvalue weighted by Gasteiger charge is -2.13. The van der Waals surface area contributed by atoms with Gasteiger partial charge in [0.1, 0.15) is 0 Å². The van der Waals surface area contributed by atoms with Crippen LogP contribution in [0, 0.1) is 13.8 Å². The zero-order valence-electron chi connectivity index (χ0n) is 16.7. The number of carbonyl (C=O) groups is 3. The van der Waals surface area contributed by atoms with E-state index >= 15 is 0 Å². The van der Waals surface area contributed by atoms with Crippen molar-refractivity contribution in [3.05, 3.63) is 52.3 Å². The molecule has 0 spiro atoms. The second kappa shape index (κ2) is 8.48. The average Bonchev–Trinajstić information content (AvgIpc) is 2.93. The van der Waals surface area contributed by atoms with Gasteiger partial charge in [0.25, 0.3) is 0 Å². The SMILES string of the molecule is COC(=O)c1c(C)[nH]c(C(=O)[C@H](C)OC(=O)c2cccc(NS(C)(=O)=O)c2)c1C. The molecule has 9 nitrogen and oxygen atoms in total. The minimum Gasteiger partial charge on any atom is -0.465 e. The number of rotatable bonds is 7. The van der Waals surface area contributed by atoms with E-state index in [2.05, 4.69) is 9.71 Å². The Hall–Kier alpha value is -3.14. The fraction of sp³-hybridized carbons (Fsp3) is 0.316. The lowest BCUT2D eigenvalue weighted by Crippen LogP contribution is -2.25. The van der Waals surface area contributed by atoms with Gasteiger partial charge >= 0.3 is 11.9 Å². The second-order valence-corrected chi connectivity index (χ2v) is 8.23. The van der Waals surface area contributed by atoms with E-state index in [9.17, 15) is 22.8 Å². The van der Waals surface area contributed by atoms with Gasteiger partial charge in [0.05, 0.1) is 30.2 Å². The highest BCUT2D eigenvalue weighted by Crippen LogP contribution is 2.21. The third-order valence-electron chi connectivity index (χ3n) is 4.13. The van der Waals surface area contributed by atoms with E-state index in [0.29, 0.717) is 11.3 Å². The van der Waals surface area contributed by atoms with Gasteiger partial charge in [0.2, 0.25) is 15.8 Å². The number of ketones is 1. The molecule has 0 bridgehead atoms. The maximum Gasteiger partial charge on any atom is 0.339 e. The van der Waals surface area contributed by atoms with Gasteiger partial charge in [-0.25, -0.2) is 18.0 Å². The Morgan fingerprint density at radius 3 is 2.38 bits per heavy atom. The van der Waals surface area contributed by atoms with Gasteiger partial charge in [-0.1, -0.05) is 6.07 Å². The van der Waals surface area contributed by atoms with Crippen LogP contribution in [-0.2, 0) is 19.5 Å². The number of hydrogen-bond donors (Lipinski definition) is 2. The topological polar surface area (TPSA) is 132 Å². The first-order chi connectivity index (χ1) is 13.4. The number of anilines is 1. The number of nitrogens with one attached hydrogen (secondary N) is 2. The minimum absolute atomic E-state index is 0.0768. The highest BCUT2D eigenvalue weighted by Gasteiger charge is 2.27. The van der Waals surface area contributed by atoms with Crippen molar-refractivity contribution in [2.45, 2.75) is 26.9 Å². The predicted molar refractivity (Wildman–Crippen MR) is 106 cm³/mol. The summed E-state index contributed by atoms with van der Waals surface area (Å²) in [7, 11) is -2.26. The third kappa shape index (κ3) is 5.23. The van der Waals surface area contributed by atoms with Gasteiger partial charge in [-0.05, 0) is 44.5 Å². The molecule has 156 valence electrons. The van der Waals surface area contributed by atoms with E-state index in [4.69, 9.17) is 9.47 Å². The fourth-order valence-corrected chi connectivity index (χ4v) is 3.37. The van der Waals surface area contributed by atoms with Crippen LogP contribution in [0.15, 0.2) is 24.3 Å². The van der Waals surface area contributed by atoms with Crippen LogP contribution in [0.1, 0.15) is 49.4 Å². The number of aromatic nitrogens is 1. The van der Waals surface area contributed by atoms with Crippen LogP contribution < -0.4 is 4.72 Å². The maximum absolute atomic E-state index is 12.7. The number of esters is 2. The van der Waals surface area contributed by atoms with Crippen molar-refractivity contribution in [2.75, 3.05) is 18.1 Å². The fourth-order valence-electron chi connectivity index (χ4n) is 2.81. The molecule has 0 saturated carbocycles. The average molecular weight is 422 g/mol. The van der Waals surface area contributed by atoms with Gasteiger partial charge in [-0.2, -0.15) is 0 Å². The van der Waals surface area contributed by atoms with Gasteiger partial charge in [0.15, 0.2) is 6.10 Å². The Morgan fingerprint density at radius 1 is 1.14 bits per heavy atom. The molecule has 0 aliphatic rings. The number of aromatic amines is 1. The summed E-state index contributed by atoms with van der Waals surface area (Å²) in [5, 5.41) is 0. The molecule has 1 heterocycles. The number of sulfonamides is 1. The van der Waals surface area contributed by atoms with E-state index < -0.39 is 33.8 Å². The third-order valence-corrected chi connectivity index (χ3v) is 4.73. The monoisotopic (exact) mass is 422 g/mol. The van der Waals surface area contributed by atoms with Gasteiger partial charge < -0.3 is 14.5 Å². The second-order valence-electron chi connectivity index (χ2n) is 6.48. The van der Waals surface area contributed by atoms with Crippen molar-refractivity contribution in [3.63, 3.8) is 0 Å². The van der Waals surface area contributed by atoms with Crippen LogP contribution >= 0.6 is 0 Å². The molecule has 0 unspecified atom stereocenters. The molecule has 0 saturated heterocycles. The highest BCUT2D eigenvalue weighted by molar-refractivity contribution is 7.92. The van der Waals surface area contributed by atoms with E-state index in [0.717, 1.165) is 6.26 Å². The zero-order chi connectivity index (χ0) is 21.9. The molecule has 0 aliphatic carbocycles. The standard InChI is InChI=1S/C19H22N2O7S/c1-10-15(19(24)27-4)11(2)20-16(10)17(22)12(3)28-18(23)13-7-6-8-14(9-13)21-29(5,25)26/h6-9,12,20-21H,1-5H3/t12-/m0/s1. The smallest absolute Gasteiger partial charge is 0.339 e. The van der Waals surface area contributed by atoms with E-state index in [1.807, 2.05) is 0 Å². The van der Waals surface area contributed by atoms with Gasteiger partial charge in [-0.15, -0.1) is 0 Å². The quantitative estimate of drug-likeness (QED) is 0.516. The van der Waals surface area contributed by atoms with Crippen molar-refractivity contribution >= 4 is 33.4 Å². The van der Waals surface area contributed by atoms with E-state index in [-0.39, 0.29) is 22.5 Å². The summed E-state index contributed by atoms with van der Waals surface area (Å²) >= 11 is 0. The van der Waals surface area contributed by atoms with Crippen molar-refractivity contribution in [2.24, 2.45) is 0 Å². The summed E-state index contributed by atoms with van der Waals surface area (Å²) in [5.41, 5.74) is 1.55.